The Labute approximate surface area is 109 Å². The van der Waals surface area contributed by atoms with Crippen LogP contribution in [0.2, 0.25) is 0 Å². The van der Waals surface area contributed by atoms with Gasteiger partial charge in [0, 0.05) is 23.4 Å². The van der Waals surface area contributed by atoms with Crippen molar-refractivity contribution in [2.45, 2.75) is 25.3 Å². The van der Waals surface area contributed by atoms with Crippen LogP contribution in [0.1, 0.15) is 29.6 Å². The van der Waals surface area contributed by atoms with Gasteiger partial charge in [-0.3, -0.25) is 9.78 Å². The maximum atomic E-state index is 12.3. The predicted octanol–water partition coefficient (Wildman–Crippen LogP) is 1.83. The van der Waals surface area contributed by atoms with E-state index < -0.39 is 0 Å². The zero-order valence-corrected chi connectivity index (χ0v) is 11.1. The summed E-state index contributed by atoms with van der Waals surface area (Å²) in [6.45, 7) is 0.754. The van der Waals surface area contributed by atoms with Gasteiger partial charge >= 0.3 is 0 Å². The number of amides is 1. The lowest BCUT2D eigenvalue weighted by Crippen LogP contribution is -2.45. The molecule has 0 saturated carbocycles. The van der Waals surface area contributed by atoms with Gasteiger partial charge in [-0.1, -0.05) is 0 Å². The molecule has 0 bridgehead atoms. The lowest BCUT2D eigenvalue weighted by molar-refractivity contribution is 0.0502. The summed E-state index contributed by atoms with van der Waals surface area (Å²) in [5, 5.41) is 9.29. The second-order valence-corrected chi connectivity index (χ2v) is 5.14. The number of aromatic nitrogens is 1. The monoisotopic (exact) mass is 298 g/mol. The lowest BCUT2D eigenvalue weighted by Gasteiger charge is -2.34. The second kappa shape index (κ2) is 5.60. The van der Waals surface area contributed by atoms with Gasteiger partial charge in [0.05, 0.1) is 18.2 Å². The zero-order valence-electron chi connectivity index (χ0n) is 9.47. The van der Waals surface area contributed by atoms with Gasteiger partial charge in [-0.15, -0.1) is 0 Å². The molecule has 1 saturated heterocycles. The van der Waals surface area contributed by atoms with Crippen molar-refractivity contribution in [1.82, 2.24) is 9.88 Å². The van der Waals surface area contributed by atoms with Crippen molar-refractivity contribution in [3.63, 3.8) is 0 Å². The first kappa shape index (κ1) is 12.5. The Bertz CT molecular complexity index is 411. The van der Waals surface area contributed by atoms with E-state index in [1.54, 1.807) is 23.4 Å². The van der Waals surface area contributed by atoms with Crippen LogP contribution in [0.25, 0.3) is 0 Å². The number of hydrogen-bond donors (Lipinski definition) is 1. The quantitative estimate of drug-likeness (QED) is 0.906. The van der Waals surface area contributed by atoms with Crippen LogP contribution in [0.15, 0.2) is 22.9 Å². The lowest BCUT2D eigenvalue weighted by atomic mass is 10.0. The third-order valence-electron chi connectivity index (χ3n) is 3.05. The average Bonchev–Trinajstić information content (AvgIpc) is 2.38. The fourth-order valence-electron chi connectivity index (χ4n) is 2.15. The van der Waals surface area contributed by atoms with Gasteiger partial charge in [0.25, 0.3) is 5.91 Å². The molecule has 17 heavy (non-hydrogen) atoms. The van der Waals surface area contributed by atoms with Gasteiger partial charge in [-0.2, -0.15) is 0 Å². The fraction of sp³-hybridized carbons (Fsp3) is 0.500. The van der Waals surface area contributed by atoms with Gasteiger partial charge in [-0.25, -0.2) is 0 Å². The molecule has 2 heterocycles. The molecule has 1 amide bonds. The largest absolute Gasteiger partial charge is 0.394 e. The Balaban J connectivity index is 2.18. The average molecular weight is 299 g/mol. The number of pyridine rings is 1. The van der Waals surface area contributed by atoms with Crippen molar-refractivity contribution in [1.29, 1.82) is 0 Å². The molecule has 5 heteroatoms. The number of aliphatic hydroxyl groups excluding tert-OH is 1. The van der Waals surface area contributed by atoms with Crippen LogP contribution in [0.5, 0.6) is 0 Å². The normalized spacial score (nSPS) is 20.4. The minimum Gasteiger partial charge on any atom is -0.394 e. The van der Waals surface area contributed by atoms with E-state index in [1.165, 1.54) is 0 Å². The second-order valence-electron chi connectivity index (χ2n) is 4.22. The number of likely N-dealkylation sites (tertiary alicyclic amines) is 1. The molecule has 1 N–H and O–H groups in total. The molecule has 0 spiro atoms. The summed E-state index contributed by atoms with van der Waals surface area (Å²) in [7, 11) is 0. The first-order chi connectivity index (χ1) is 8.22. The Morgan fingerprint density at radius 1 is 1.53 bits per heavy atom. The van der Waals surface area contributed by atoms with Crippen LogP contribution in [0.3, 0.4) is 0 Å². The summed E-state index contributed by atoms with van der Waals surface area (Å²) in [6, 6.07) is 1.72. The van der Waals surface area contributed by atoms with Crippen molar-refractivity contribution in [3.8, 4) is 0 Å². The van der Waals surface area contributed by atoms with E-state index in [1.807, 2.05) is 0 Å². The topological polar surface area (TPSA) is 53.4 Å². The third kappa shape index (κ3) is 2.84. The molecule has 1 atom stereocenters. The Morgan fingerprint density at radius 3 is 3.06 bits per heavy atom. The molecule has 4 nitrogen and oxygen atoms in total. The number of carbonyl (C=O) groups is 1. The number of rotatable bonds is 2. The molecule has 92 valence electrons. The van der Waals surface area contributed by atoms with Gasteiger partial charge in [0.1, 0.15) is 0 Å². The molecular formula is C12H15BrN2O2. The van der Waals surface area contributed by atoms with Crippen molar-refractivity contribution in [3.05, 3.63) is 28.5 Å². The van der Waals surface area contributed by atoms with Crippen LogP contribution in [0.4, 0.5) is 0 Å². The van der Waals surface area contributed by atoms with Crippen LogP contribution in [-0.4, -0.2) is 40.1 Å². The van der Waals surface area contributed by atoms with Crippen molar-refractivity contribution >= 4 is 21.8 Å². The minimum atomic E-state index is -0.0461. The van der Waals surface area contributed by atoms with Crippen molar-refractivity contribution < 1.29 is 9.90 Å². The summed E-state index contributed by atoms with van der Waals surface area (Å²) in [4.78, 5) is 18.0. The van der Waals surface area contributed by atoms with Crippen LogP contribution < -0.4 is 0 Å². The smallest absolute Gasteiger partial charge is 0.255 e. The van der Waals surface area contributed by atoms with E-state index in [0.717, 1.165) is 30.3 Å². The highest BCUT2D eigenvalue weighted by atomic mass is 79.9. The van der Waals surface area contributed by atoms with E-state index in [-0.39, 0.29) is 18.6 Å². The molecule has 2 rings (SSSR count). The molecule has 0 aromatic carbocycles. The summed E-state index contributed by atoms with van der Waals surface area (Å²) in [6.07, 6.45) is 6.17. The summed E-state index contributed by atoms with van der Waals surface area (Å²) < 4.78 is 0.793. The molecule has 0 radical (unpaired) electrons. The number of piperidine rings is 1. The highest BCUT2D eigenvalue weighted by Crippen LogP contribution is 2.20. The maximum Gasteiger partial charge on any atom is 0.255 e. The van der Waals surface area contributed by atoms with Gasteiger partial charge in [0.15, 0.2) is 0 Å². The van der Waals surface area contributed by atoms with Gasteiger partial charge in [0.2, 0.25) is 0 Å². The molecule has 1 aromatic rings. The highest BCUT2D eigenvalue weighted by Gasteiger charge is 2.26. The fourth-order valence-corrected chi connectivity index (χ4v) is 2.52. The van der Waals surface area contributed by atoms with Crippen LogP contribution in [0, 0.1) is 0 Å². The molecule has 0 aliphatic carbocycles. The summed E-state index contributed by atoms with van der Waals surface area (Å²) >= 11 is 3.30. The van der Waals surface area contributed by atoms with Gasteiger partial charge < -0.3 is 10.0 Å². The Hall–Kier alpha value is -0.940. The van der Waals surface area contributed by atoms with Crippen LogP contribution >= 0.6 is 15.9 Å². The first-order valence-corrected chi connectivity index (χ1v) is 6.54. The van der Waals surface area contributed by atoms with E-state index >= 15 is 0 Å². The van der Waals surface area contributed by atoms with E-state index in [9.17, 15) is 9.90 Å². The minimum absolute atomic E-state index is 0.0349. The SMILES string of the molecule is O=C(c1cncc(Br)c1)N1CCCC[C@H]1CO. The molecule has 1 aromatic heterocycles. The number of nitrogens with zero attached hydrogens (tertiary/aromatic N) is 2. The molecular weight excluding hydrogens is 284 g/mol. The number of halogens is 1. The number of carbonyl (C=O) groups excluding carboxylic acids is 1. The van der Waals surface area contributed by atoms with Crippen molar-refractivity contribution in [2.24, 2.45) is 0 Å². The molecule has 1 aliphatic rings. The molecule has 1 fully saturated rings. The molecule has 0 unspecified atom stereocenters. The summed E-state index contributed by atoms with van der Waals surface area (Å²) in [5.41, 5.74) is 0.569. The number of aliphatic hydroxyl groups is 1. The maximum absolute atomic E-state index is 12.3. The van der Waals surface area contributed by atoms with Crippen LogP contribution in [-0.2, 0) is 0 Å². The van der Waals surface area contributed by atoms with Crippen molar-refractivity contribution in [2.75, 3.05) is 13.2 Å². The number of hydrogen-bond acceptors (Lipinski definition) is 3. The van der Waals surface area contributed by atoms with E-state index in [2.05, 4.69) is 20.9 Å². The van der Waals surface area contributed by atoms with E-state index in [0.29, 0.717) is 5.56 Å². The highest BCUT2D eigenvalue weighted by molar-refractivity contribution is 9.10. The van der Waals surface area contributed by atoms with E-state index in [4.69, 9.17) is 0 Å². The van der Waals surface area contributed by atoms with Gasteiger partial charge in [-0.05, 0) is 41.3 Å². The molecule has 1 aliphatic heterocycles. The standard InChI is InChI=1S/C12H15BrN2O2/c13-10-5-9(6-14-7-10)12(17)15-4-2-1-3-11(15)8-16/h5-7,11,16H,1-4,8H2/t11-/m0/s1. The Morgan fingerprint density at radius 2 is 2.35 bits per heavy atom. The summed E-state index contributed by atoms with van der Waals surface area (Å²) in [5.74, 6) is -0.0439. The Kier molecular flexibility index (Phi) is 4.12. The first-order valence-electron chi connectivity index (χ1n) is 5.74. The zero-order chi connectivity index (χ0) is 12.3. The third-order valence-corrected chi connectivity index (χ3v) is 3.48. The predicted molar refractivity (Wildman–Crippen MR) is 67.7 cm³/mol.